The maximum absolute atomic E-state index is 11.8. The van der Waals surface area contributed by atoms with Crippen molar-refractivity contribution >= 4 is 17.3 Å². The van der Waals surface area contributed by atoms with Gasteiger partial charge < -0.3 is 10.4 Å². The molecule has 6 nitrogen and oxygen atoms in total. The minimum atomic E-state index is -0.912. The summed E-state index contributed by atoms with van der Waals surface area (Å²) < 4.78 is 0. The van der Waals surface area contributed by atoms with Gasteiger partial charge in [0.1, 0.15) is 0 Å². The van der Waals surface area contributed by atoms with E-state index in [9.17, 15) is 20.0 Å². The van der Waals surface area contributed by atoms with Crippen LogP contribution in [0.25, 0.3) is 0 Å². The second-order valence-electron chi connectivity index (χ2n) is 4.49. The molecule has 2 aromatic rings. The lowest BCUT2D eigenvalue weighted by Gasteiger charge is -2.11. The van der Waals surface area contributed by atoms with E-state index in [1.807, 2.05) is 6.07 Å². The highest BCUT2D eigenvalue weighted by atomic mass is 16.6. The van der Waals surface area contributed by atoms with Gasteiger partial charge in [0.25, 0.3) is 5.69 Å². The molecule has 0 aliphatic heterocycles. The quantitative estimate of drug-likeness (QED) is 0.652. The molecule has 0 fully saturated rings. The van der Waals surface area contributed by atoms with Crippen molar-refractivity contribution in [3.63, 3.8) is 0 Å². The standard InChI is InChI=1S/C15H14N2O4/c18-14(11-5-2-1-3-6-11)10-15(19)16-12-7-4-8-13(9-12)17(20)21/h1-9,14,18H,10H2,(H,16,19). The number of aliphatic hydroxyl groups is 1. The Bertz CT molecular complexity index is 643. The maximum Gasteiger partial charge on any atom is 0.271 e. The van der Waals surface area contributed by atoms with Gasteiger partial charge in [-0.25, -0.2) is 0 Å². The molecule has 0 heterocycles. The molecule has 1 amide bonds. The van der Waals surface area contributed by atoms with Gasteiger partial charge in [-0.3, -0.25) is 14.9 Å². The molecular weight excluding hydrogens is 272 g/mol. The van der Waals surface area contributed by atoms with Gasteiger partial charge in [0.2, 0.25) is 5.91 Å². The van der Waals surface area contributed by atoms with E-state index in [1.54, 1.807) is 30.3 Å². The normalized spacial score (nSPS) is 11.7. The van der Waals surface area contributed by atoms with E-state index in [2.05, 4.69) is 5.32 Å². The number of anilines is 1. The molecule has 0 saturated carbocycles. The Morgan fingerprint density at radius 3 is 2.57 bits per heavy atom. The zero-order valence-corrected chi connectivity index (χ0v) is 11.1. The summed E-state index contributed by atoms with van der Waals surface area (Å²) in [5, 5.41) is 23.1. The van der Waals surface area contributed by atoms with Gasteiger partial charge >= 0.3 is 0 Å². The van der Waals surface area contributed by atoms with Crippen LogP contribution in [-0.4, -0.2) is 15.9 Å². The summed E-state index contributed by atoms with van der Waals surface area (Å²) in [6.07, 6.45) is -1.03. The molecule has 6 heteroatoms. The number of nitro benzene ring substituents is 1. The number of carbonyl (C=O) groups is 1. The van der Waals surface area contributed by atoms with Crippen LogP contribution in [0.15, 0.2) is 54.6 Å². The highest BCUT2D eigenvalue weighted by Crippen LogP contribution is 2.19. The minimum absolute atomic E-state index is 0.101. The number of non-ortho nitro benzene ring substituents is 1. The Kier molecular flexibility index (Phi) is 4.63. The van der Waals surface area contributed by atoms with Gasteiger partial charge in [-0.2, -0.15) is 0 Å². The molecule has 0 bridgehead atoms. The minimum Gasteiger partial charge on any atom is -0.388 e. The number of rotatable bonds is 5. The predicted molar refractivity (Wildman–Crippen MR) is 77.7 cm³/mol. The number of aliphatic hydroxyl groups excluding tert-OH is 1. The molecule has 0 aromatic heterocycles. The summed E-state index contributed by atoms with van der Waals surface area (Å²) in [5.41, 5.74) is 0.873. The molecule has 0 radical (unpaired) electrons. The van der Waals surface area contributed by atoms with Crippen LogP contribution in [0.1, 0.15) is 18.1 Å². The third-order valence-corrected chi connectivity index (χ3v) is 2.90. The summed E-state index contributed by atoms with van der Waals surface area (Å²) in [6, 6.07) is 14.5. The largest absolute Gasteiger partial charge is 0.388 e. The maximum atomic E-state index is 11.8. The topological polar surface area (TPSA) is 92.5 Å². The van der Waals surface area contributed by atoms with Gasteiger partial charge in [-0.15, -0.1) is 0 Å². The van der Waals surface area contributed by atoms with Crippen LogP contribution in [0.5, 0.6) is 0 Å². The van der Waals surface area contributed by atoms with Crippen molar-refractivity contribution in [1.29, 1.82) is 0 Å². The lowest BCUT2D eigenvalue weighted by molar-refractivity contribution is -0.384. The molecule has 2 aromatic carbocycles. The first kappa shape index (κ1) is 14.7. The van der Waals surface area contributed by atoms with Crippen molar-refractivity contribution in [1.82, 2.24) is 0 Å². The molecule has 0 aliphatic rings. The second kappa shape index (κ2) is 6.62. The highest BCUT2D eigenvalue weighted by Gasteiger charge is 2.14. The van der Waals surface area contributed by atoms with E-state index in [1.165, 1.54) is 18.2 Å². The smallest absolute Gasteiger partial charge is 0.271 e. The summed E-state index contributed by atoms with van der Waals surface area (Å²) in [6.45, 7) is 0. The van der Waals surface area contributed by atoms with Gasteiger partial charge in [-0.05, 0) is 11.6 Å². The molecule has 2 rings (SSSR count). The van der Waals surface area contributed by atoms with Crippen molar-refractivity contribution in [3.8, 4) is 0 Å². The van der Waals surface area contributed by atoms with Crippen LogP contribution in [0.2, 0.25) is 0 Å². The Morgan fingerprint density at radius 2 is 1.90 bits per heavy atom. The number of nitrogens with zero attached hydrogens (tertiary/aromatic N) is 1. The van der Waals surface area contributed by atoms with Crippen molar-refractivity contribution in [3.05, 3.63) is 70.3 Å². The number of hydrogen-bond donors (Lipinski definition) is 2. The van der Waals surface area contributed by atoms with Crippen molar-refractivity contribution in [2.75, 3.05) is 5.32 Å². The lowest BCUT2D eigenvalue weighted by atomic mass is 10.1. The van der Waals surface area contributed by atoms with E-state index in [0.29, 0.717) is 11.3 Å². The third-order valence-electron chi connectivity index (χ3n) is 2.90. The average Bonchev–Trinajstić information content (AvgIpc) is 2.48. The molecular formula is C15H14N2O4. The summed E-state index contributed by atoms with van der Waals surface area (Å²) in [5.74, 6) is -0.410. The Labute approximate surface area is 121 Å². The molecule has 21 heavy (non-hydrogen) atoms. The number of nitrogens with one attached hydrogen (secondary N) is 1. The van der Waals surface area contributed by atoms with Crippen molar-refractivity contribution < 1.29 is 14.8 Å². The predicted octanol–water partition coefficient (Wildman–Crippen LogP) is 2.66. The zero-order valence-electron chi connectivity index (χ0n) is 11.1. The van der Waals surface area contributed by atoms with E-state index in [-0.39, 0.29) is 12.1 Å². The fraction of sp³-hybridized carbons (Fsp3) is 0.133. The van der Waals surface area contributed by atoms with Crippen molar-refractivity contribution in [2.24, 2.45) is 0 Å². The molecule has 0 saturated heterocycles. The monoisotopic (exact) mass is 286 g/mol. The second-order valence-corrected chi connectivity index (χ2v) is 4.49. The first-order valence-electron chi connectivity index (χ1n) is 6.33. The first-order chi connectivity index (χ1) is 10.1. The molecule has 1 atom stereocenters. The van der Waals surface area contributed by atoms with Crippen LogP contribution >= 0.6 is 0 Å². The fourth-order valence-electron chi connectivity index (χ4n) is 1.88. The van der Waals surface area contributed by atoms with Crippen LogP contribution in [0.3, 0.4) is 0 Å². The van der Waals surface area contributed by atoms with Gasteiger partial charge in [0.15, 0.2) is 0 Å². The van der Waals surface area contributed by atoms with Gasteiger partial charge in [0, 0.05) is 17.8 Å². The van der Waals surface area contributed by atoms with Crippen LogP contribution in [0, 0.1) is 10.1 Å². The van der Waals surface area contributed by atoms with Crippen LogP contribution in [-0.2, 0) is 4.79 Å². The number of hydrogen-bond acceptors (Lipinski definition) is 4. The number of amides is 1. The summed E-state index contributed by atoms with van der Waals surface area (Å²) >= 11 is 0. The third kappa shape index (κ3) is 4.12. The number of carbonyl (C=O) groups excluding carboxylic acids is 1. The van der Waals surface area contributed by atoms with E-state index < -0.39 is 16.9 Å². The Hall–Kier alpha value is -2.73. The first-order valence-corrected chi connectivity index (χ1v) is 6.33. The SMILES string of the molecule is O=C(CC(O)c1ccccc1)Nc1cccc([N+](=O)[O-])c1. The Balaban J connectivity index is 1.99. The molecule has 2 N–H and O–H groups in total. The number of nitro groups is 1. The zero-order chi connectivity index (χ0) is 15.2. The fourth-order valence-corrected chi connectivity index (χ4v) is 1.88. The average molecular weight is 286 g/mol. The molecule has 1 unspecified atom stereocenters. The summed E-state index contributed by atoms with van der Waals surface area (Å²) in [7, 11) is 0. The van der Waals surface area contributed by atoms with E-state index in [0.717, 1.165) is 0 Å². The van der Waals surface area contributed by atoms with Gasteiger partial charge in [-0.1, -0.05) is 36.4 Å². The molecule has 108 valence electrons. The van der Waals surface area contributed by atoms with E-state index in [4.69, 9.17) is 0 Å². The highest BCUT2D eigenvalue weighted by molar-refractivity contribution is 5.91. The van der Waals surface area contributed by atoms with Crippen LogP contribution in [0.4, 0.5) is 11.4 Å². The lowest BCUT2D eigenvalue weighted by Crippen LogP contribution is -2.15. The number of benzene rings is 2. The van der Waals surface area contributed by atoms with Crippen LogP contribution < -0.4 is 5.32 Å². The Morgan fingerprint density at radius 1 is 1.19 bits per heavy atom. The van der Waals surface area contributed by atoms with Gasteiger partial charge in [0.05, 0.1) is 17.4 Å². The van der Waals surface area contributed by atoms with E-state index >= 15 is 0 Å². The molecule has 0 spiro atoms. The summed E-state index contributed by atoms with van der Waals surface area (Å²) in [4.78, 5) is 22.0. The molecule has 0 aliphatic carbocycles. The van der Waals surface area contributed by atoms with Crippen molar-refractivity contribution in [2.45, 2.75) is 12.5 Å².